The van der Waals surface area contributed by atoms with Gasteiger partial charge in [0.1, 0.15) is 10.7 Å². The lowest BCUT2D eigenvalue weighted by Gasteiger charge is -2.20. The van der Waals surface area contributed by atoms with Crippen LogP contribution in [0.3, 0.4) is 0 Å². The predicted molar refractivity (Wildman–Crippen MR) is 126 cm³/mol. The van der Waals surface area contributed by atoms with E-state index in [1.807, 2.05) is 91.0 Å². The van der Waals surface area contributed by atoms with E-state index in [0.29, 0.717) is 18.8 Å². The van der Waals surface area contributed by atoms with Crippen LogP contribution in [-0.4, -0.2) is 16.0 Å². The van der Waals surface area contributed by atoms with Gasteiger partial charge in [-0.25, -0.2) is 4.68 Å². The lowest BCUT2D eigenvalue weighted by Crippen LogP contribution is -2.27. The Balaban J connectivity index is 1.67. The Labute approximate surface area is 185 Å². The summed E-state index contributed by atoms with van der Waals surface area (Å²) in [4.78, 5) is 12.9. The number of benzene rings is 3. The standard InChI is InChI=1S/C25H21ClN4O/c26-24-23(17-28-30(25(24)31)19-22-14-8-3-9-15-22)29(18-21-12-6-2-7-13-21)27-16-20-10-4-1-5-11-20/h1-17H,18-19H2/b27-16-. The van der Waals surface area contributed by atoms with Crippen molar-refractivity contribution in [2.24, 2.45) is 5.10 Å². The van der Waals surface area contributed by atoms with Gasteiger partial charge in [-0.2, -0.15) is 10.2 Å². The topological polar surface area (TPSA) is 50.5 Å². The molecule has 5 nitrogen and oxygen atoms in total. The molecule has 6 heteroatoms. The van der Waals surface area contributed by atoms with Crippen LogP contribution in [0.15, 0.2) is 107 Å². The molecule has 3 aromatic carbocycles. The third-order valence-electron chi connectivity index (χ3n) is 4.74. The maximum Gasteiger partial charge on any atom is 0.288 e. The third kappa shape index (κ3) is 5.27. The molecule has 31 heavy (non-hydrogen) atoms. The number of halogens is 1. The Morgan fingerprint density at radius 2 is 1.45 bits per heavy atom. The summed E-state index contributed by atoms with van der Waals surface area (Å²) in [7, 11) is 0. The quantitative estimate of drug-likeness (QED) is 0.308. The molecule has 0 amide bonds. The normalized spacial score (nSPS) is 11.0. The van der Waals surface area contributed by atoms with E-state index >= 15 is 0 Å². The molecule has 4 aromatic rings. The van der Waals surface area contributed by atoms with Gasteiger partial charge in [0.25, 0.3) is 5.56 Å². The van der Waals surface area contributed by atoms with Gasteiger partial charge in [-0.1, -0.05) is 103 Å². The first-order valence-corrected chi connectivity index (χ1v) is 10.3. The molecule has 0 aliphatic rings. The molecule has 154 valence electrons. The molecule has 0 saturated carbocycles. The van der Waals surface area contributed by atoms with Crippen LogP contribution in [0.1, 0.15) is 16.7 Å². The van der Waals surface area contributed by atoms with E-state index in [1.165, 1.54) is 4.68 Å². The Kier molecular flexibility index (Phi) is 6.55. The van der Waals surface area contributed by atoms with Crippen LogP contribution in [-0.2, 0) is 13.1 Å². The fourth-order valence-corrected chi connectivity index (χ4v) is 3.37. The van der Waals surface area contributed by atoms with E-state index in [0.717, 1.165) is 16.7 Å². The third-order valence-corrected chi connectivity index (χ3v) is 5.10. The lowest BCUT2D eigenvalue weighted by atomic mass is 10.2. The van der Waals surface area contributed by atoms with Gasteiger partial charge < -0.3 is 0 Å². The minimum Gasteiger partial charge on any atom is -0.266 e. The minimum atomic E-state index is -0.351. The van der Waals surface area contributed by atoms with Crippen LogP contribution in [0.2, 0.25) is 5.02 Å². The first kappa shape index (κ1) is 20.6. The number of rotatable bonds is 7. The van der Waals surface area contributed by atoms with Crippen LogP contribution in [0.4, 0.5) is 5.69 Å². The molecule has 0 spiro atoms. The van der Waals surface area contributed by atoms with Gasteiger partial charge in [-0.3, -0.25) is 9.80 Å². The van der Waals surface area contributed by atoms with Crippen molar-refractivity contribution < 1.29 is 0 Å². The van der Waals surface area contributed by atoms with Gasteiger partial charge in [0.2, 0.25) is 0 Å². The van der Waals surface area contributed by atoms with Crippen LogP contribution < -0.4 is 10.6 Å². The average Bonchev–Trinajstić information content (AvgIpc) is 2.82. The molecular weight excluding hydrogens is 408 g/mol. The largest absolute Gasteiger partial charge is 0.288 e. The smallest absolute Gasteiger partial charge is 0.266 e. The van der Waals surface area contributed by atoms with E-state index in [2.05, 4.69) is 10.2 Å². The molecule has 0 saturated heterocycles. The Morgan fingerprint density at radius 3 is 2.10 bits per heavy atom. The highest BCUT2D eigenvalue weighted by molar-refractivity contribution is 6.33. The SMILES string of the molecule is O=c1c(Cl)c(N(Cc2ccccc2)/N=C\c2ccccc2)cnn1Cc1ccccc1. The van der Waals surface area contributed by atoms with E-state index in [9.17, 15) is 4.79 Å². The molecule has 1 heterocycles. The Morgan fingerprint density at radius 1 is 0.871 bits per heavy atom. The molecule has 0 aliphatic carbocycles. The maximum absolute atomic E-state index is 12.9. The number of anilines is 1. The van der Waals surface area contributed by atoms with E-state index in [1.54, 1.807) is 17.4 Å². The Hall–Kier alpha value is -3.70. The molecule has 0 bridgehead atoms. The van der Waals surface area contributed by atoms with Crippen LogP contribution in [0, 0.1) is 0 Å². The zero-order valence-corrected chi connectivity index (χ0v) is 17.6. The second-order valence-corrected chi connectivity index (χ2v) is 7.37. The van der Waals surface area contributed by atoms with Gasteiger partial charge in [-0.15, -0.1) is 0 Å². The van der Waals surface area contributed by atoms with E-state index in [4.69, 9.17) is 11.6 Å². The van der Waals surface area contributed by atoms with Crippen molar-refractivity contribution in [2.75, 3.05) is 5.01 Å². The molecule has 0 radical (unpaired) electrons. The summed E-state index contributed by atoms with van der Waals surface area (Å²) in [5, 5.41) is 10.8. The fourth-order valence-electron chi connectivity index (χ4n) is 3.13. The summed E-state index contributed by atoms with van der Waals surface area (Å²) < 4.78 is 1.36. The van der Waals surface area contributed by atoms with Gasteiger partial charge in [0.05, 0.1) is 25.5 Å². The monoisotopic (exact) mass is 428 g/mol. The molecular formula is C25H21ClN4O. The molecule has 0 unspecified atom stereocenters. The highest BCUT2D eigenvalue weighted by Gasteiger charge is 2.16. The van der Waals surface area contributed by atoms with Crippen molar-refractivity contribution in [3.05, 3.63) is 129 Å². The molecule has 1 aromatic heterocycles. The van der Waals surface area contributed by atoms with Gasteiger partial charge in [-0.05, 0) is 16.7 Å². The Bertz CT molecular complexity index is 1210. The first-order valence-electron chi connectivity index (χ1n) is 9.91. The van der Waals surface area contributed by atoms with E-state index in [-0.39, 0.29) is 10.6 Å². The van der Waals surface area contributed by atoms with Crippen molar-refractivity contribution in [1.29, 1.82) is 0 Å². The zero-order chi connectivity index (χ0) is 21.5. The molecule has 0 aliphatic heterocycles. The summed E-state index contributed by atoms with van der Waals surface area (Å²) in [6, 6.07) is 29.3. The van der Waals surface area contributed by atoms with Crippen LogP contribution >= 0.6 is 11.6 Å². The van der Waals surface area contributed by atoms with Crippen LogP contribution in [0.5, 0.6) is 0 Å². The van der Waals surface area contributed by atoms with Crippen LogP contribution in [0.25, 0.3) is 0 Å². The molecule has 0 fully saturated rings. The number of hydrazone groups is 1. The highest BCUT2D eigenvalue weighted by Crippen LogP contribution is 2.23. The predicted octanol–water partition coefficient (Wildman–Crippen LogP) is 4.99. The minimum absolute atomic E-state index is 0.0899. The summed E-state index contributed by atoms with van der Waals surface area (Å²) in [6.45, 7) is 0.805. The van der Waals surface area contributed by atoms with Crippen molar-refractivity contribution in [3.8, 4) is 0 Å². The zero-order valence-electron chi connectivity index (χ0n) is 16.8. The second kappa shape index (κ2) is 9.87. The maximum atomic E-state index is 12.9. The van der Waals surface area contributed by atoms with Crippen molar-refractivity contribution >= 4 is 23.5 Å². The van der Waals surface area contributed by atoms with Crippen molar-refractivity contribution in [3.63, 3.8) is 0 Å². The van der Waals surface area contributed by atoms with Gasteiger partial charge >= 0.3 is 0 Å². The fraction of sp³-hybridized carbons (Fsp3) is 0.0800. The molecule has 0 atom stereocenters. The highest BCUT2D eigenvalue weighted by atomic mass is 35.5. The number of hydrogen-bond acceptors (Lipinski definition) is 4. The first-order chi connectivity index (χ1) is 15.2. The number of aromatic nitrogens is 2. The number of nitrogens with zero attached hydrogens (tertiary/aromatic N) is 4. The second-order valence-electron chi connectivity index (χ2n) is 6.99. The number of hydrogen-bond donors (Lipinski definition) is 0. The van der Waals surface area contributed by atoms with Crippen molar-refractivity contribution in [2.45, 2.75) is 13.1 Å². The van der Waals surface area contributed by atoms with E-state index < -0.39 is 0 Å². The summed E-state index contributed by atoms with van der Waals surface area (Å²) in [6.07, 6.45) is 3.34. The lowest BCUT2D eigenvalue weighted by molar-refractivity contribution is 0.636. The van der Waals surface area contributed by atoms with Crippen molar-refractivity contribution in [1.82, 2.24) is 9.78 Å². The molecule has 0 N–H and O–H groups in total. The summed E-state index contributed by atoms with van der Waals surface area (Å²) in [5.74, 6) is 0. The van der Waals surface area contributed by atoms with Gasteiger partial charge in [0.15, 0.2) is 0 Å². The molecule has 4 rings (SSSR count). The average molecular weight is 429 g/mol. The summed E-state index contributed by atoms with van der Waals surface area (Å²) in [5.41, 5.74) is 3.08. The summed E-state index contributed by atoms with van der Waals surface area (Å²) >= 11 is 6.52. The van der Waals surface area contributed by atoms with Gasteiger partial charge in [0, 0.05) is 0 Å².